The summed E-state index contributed by atoms with van der Waals surface area (Å²) in [7, 11) is 1.70. The van der Waals surface area contributed by atoms with E-state index in [9.17, 15) is 0 Å². The lowest BCUT2D eigenvalue weighted by Gasteiger charge is -2.15. The van der Waals surface area contributed by atoms with E-state index >= 15 is 0 Å². The Hall–Kier alpha value is -0.300. The summed E-state index contributed by atoms with van der Waals surface area (Å²) in [5.74, 6) is 0.894. The molecule has 0 aromatic carbocycles. The summed E-state index contributed by atoms with van der Waals surface area (Å²) >= 11 is 0. The van der Waals surface area contributed by atoms with Gasteiger partial charge in [-0.25, -0.2) is 0 Å². The fraction of sp³-hybridized carbons (Fsp3) is 0.786. The minimum absolute atomic E-state index is 0. The zero-order chi connectivity index (χ0) is 13.1. The zero-order valence-corrected chi connectivity index (χ0v) is 14.5. The van der Waals surface area contributed by atoms with Crippen molar-refractivity contribution in [2.24, 2.45) is 4.99 Å². The highest BCUT2D eigenvalue weighted by molar-refractivity contribution is 14.0. The van der Waals surface area contributed by atoms with Crippen LogP contribution in [0.1, 0.15) is 39.0 Å². The molecular weight excluding hydrogens is 353 g/mol. The molecule has 2 N–H and O–H groups in total. The van der Waals surface area contributed by atoms with E-state index in [-0.39, 0.29) is 24.0 Å². The highest BCUT2D eigenvalue weighted by Crippen LogP contribution is 2.19. The molecule has 0 fully saturated rings. The third-order valence-electron chi connectivity index (χ3n) is 3.03. The molecule has 0 aromatic heterocycles. The van der Waals surface area contributed by atoms with Gasteiger partial charge in [0, 0.05) is 20.2 Å². The van der Waals surface area contributed by atoms with Gasteiger partial charge in [0.25, 0.3) is 0 Å². The van der Waals surface area contributed by atoms with E-state index in [1.54, 1.807) is 12.7 Å². The molecule has 0 spiro atoms. The highest BCUT2D eigenvalue weighted by atomic mass is 127. The summed E-state index contributed by atoms with van der Waals surface area (Å²) in [6.07, 6.45) is 8.79. The Morgan fingerprint density at radius 2 is 2.21 bits per heavy atom. The summed E-state index contributed by atoms with van der Waals surface area (Å²) in [4.78, 5) is 4.44. The second kappa shape index (κ2) is 12.7. The normalized spacial score (nSPS) is 15.5. The van der Waals surface area contributed by atoms with Crippen LogP contribution in [-0.2, 0) is 4.74 Å². The maximum Gasteiger partial charge on any atom is 0.191 e. The number of methoxy groups -OCH3 is 1. The molecule has 1 rings (SSSR count). The molecule has 4 nitrogen and oxygen atoms in total. The molecule has 19 heavy (non-hydrogen) atoms. The van der Waals surface area contributed by atoms with E-state index < -0.39 is 0 Å². The number of aliphatic imine (C=N–C) groups is 1. The predicted molar refractivity (Wildman–Crippen MR) is 92.4 cm³/mol. The highest BCUT2D eigenvalue weighted by Gasteiger charge is 2.03. The molecule has 112 valence electrons. The molecule has 5 heteroatoms. The van der Waals surface area contributed by atoms with E-state index in [1.807, 2.05) is 0 Å². The maximum absolute atomic E-state index is 5.00. The minimum Gasteiger partial charge on any atom is -0.383 e. The number of guanidine groups is 1. The smallest absolute Gasteiger partial charge is 0.191 e. The topological polar surface area (TPSA) is 45.7 Å². The molecule has 0 aliphatic heterocycles. The Balaban J connectivity index is 0.00000324. The lowest BCUT2D eigenvalue weighted by Crippen LogP contribution is -2.38. The van der Waals surface area contributed by atoms with Crippen LogP contribution < -0.4 is 10.6 Å². The molecule has 0 radical (unpaired) electrons. The van der Waals surface area contributed by atoms with Crippen LogP contribution in [0.25, 0.3) is 0 Å². The van der Waals surface area contributed by atoms with Gasteiger partial charge in [-0.3, -0.25) is 4.99 Å². The third-order valence-corrected chi connectivity index (χ3v) is 3.03. The van der Waals surface area contributed by atoms with Gasteiger partial charge in [0.05, 0.1) is 13.2 Å². The largest absolute Gasteiger partial charge is 0.383 e. The lowest BCUT2D eigenvalue weighted by atomic mass is 9.97. The number of hydrogen-bond donors (Lipinski definition) is 2. The van der Waals surface area contributed by atoms with Crippen LogP contribution in [0.15, 0.2) is 16.6 Å². The van der Waals surface area contributed by atoms with Crippen molar-refractivity contribution in [3.05, 3.63) is 11.6 Å². The van der Waals surface area contributed by atoms with Gasteiger partial charge in [-0.15, -0.1) is 24.0 Å². The van der Waals surface area contributed by atoms with Crippen molar-refractivity contribution in [1.29, 1.82) is 0 Å². The molecule has 0 aromatic rings. The van der Waals surface area contributed by atoms with Crippen LogP contribution in [0.4, 0.5) is 0 Å². The van der Waals surface area contributed by atoms with Gasteiger partial charge in [-0.05, 0) is 39.0 Å². The zero-order valence-electron chi connectivity index (χ0n) is 12.2. The van der Waals surface area contributed by atoms with E-state index in [0.717, 1.165) is 25.5 Å². The second-order valence-electron chi connectivity index (χ2n) is 4.54. The van der Waals surface area contributed by atoms with Gasteiger partial charge in [0.2, 0.25) is 0 Å². The average Bonchev–Trinajstić information content (AvgIpc) is 2.40. The van der Waals surface area contributed by atoms with Crippen molar-refractivity contribution in [2.45, 2.75) is 39.0 Å². The summed E-state index contributed by atoms with van der Waals surface area (Å²) in [6.45, 7) is 5.31. The molecule has 0 saturated carbocycles. The van der Waals surface area contributed by atoms with Gasteiger partial charge >= 0.3 is 0 Å². The monoisotopic (exact) mass is 381 g/mol. The van der Waals surface area contributed by atoms with Crippen LogP contribution >= 0.6 is 24.0 Å². The Labute approximate surface area is 134 Å². The standard InChI is InChI=1S/C14H27N3O.HI/c1-3-15-14(17-11-12-18-2)16-10-9-13-7-5-4-6-8-13;/h7H,3-6,8-12H2,1-2H3,(H2,15,16,17);1H. The summed E-state index contributed by atoms with van der Waals surface area (Å²) in [5.41, 5.74) is 1.60. The Bertz CT molecular complexity index is 280. The first kappa shape index (κ1) is 18.7. The molecule has 0 amide bonds. The molecule has 1 aliphatic carbocycles. The number of nitrogens with one attached hydrogen (secondary N) is 2. The van der Waals surface area contributed by atoms with Crippen LogP contribution in [0.3, 0.4) is 0 Å². The summed E-state index contributed by atoms with van der Waals surface area (Å²) in [6, 6.07) is 0. The van der Waals surface area contributed by atoms with E-state index in [1.165, 1.54) is 25.7 Å². The fourth-order valence-corrected chi connectivity index (χ4v) is 2.06. The van der Waals surface area contributed by atoms with Crippen LogP contribution in [0.2, 0.25) is 0 Å². The quantitative estimate of drug-likeness (QED) is 0.234. The van der Waals surface area contributed by atoms with Crippen molar-refractivity contribution < 1.29 is 4.74 Å². The fourth-order valence-electron chi connectivity index (χ4n) is 2.06. The van der Waals surface area contributed by atoms with Crippen molar-refractivity contribution in [1.82, 2.24) is 10.6 Å². The second-order valence-corrected chi connectivity index (χ2v) is 4.54. The minimum atomic E-state index is 0. The molecule has 0 unspecified atom stereocenters. The first-order valence-electron chi connectivity index (χ1n) is 7.06. The van der Waals surface area contributed by atoms with Crippen LogP contribution in [0.5, 0.6) is 0 Å². The lowest BCUT2D eigenvalue weighted by molar-refractivity contribution is 0.208. The number of rotatable bonds is 7. The van der Waals surface area contributed by atoms with Crippen molar-refractivity contribution >= 4 is 29.9 Å². The molecular formula is C14H28IN3O. The first-order chi connectivity index (χ1) is 8.86. The Kier molecular flexibility index (Phi) is 12.5. The average molecular weight is 381 g/mol. The molecule has 0 heterocycles. The van der Waals surface area contributed by atoms with Gasteiger partial charge < -0.3 is 15.4 Å². The van der Waals surface area contributed by atoms with E-state index in [0.29, 0.717) is 13.2 Å². The van der Waals surface area contributed by atoms with Gasteiger partial charge in [0.15, 0.2) is 5.96 Å². The number of nitrogens with zero attached hydrogens (tertiary/aromatic N) is 1. The number of halogens is 1. The SMILES string of the molecule is CCNC(=NCCOC)NCCC1=CCCCC1.I. The summed E-state index contributed by atoms with van der Waals surface area (Å²) < 4.78 is 5.00. The first-order valence-corrected chi connectivity index (χ1v) is 7.06. The van der Waals surface area contributed by atoms with Crippen molar-refractivity contribution in [3.8, 4) is 0 Å². The Morgan fingerprint density at radius 1 is 1.37 bits per heavy atom. The number of hydrogen-bond acceptors (Lipinski definition) is 2. The van der Waals surface area contributed by atoms with Crippen LogP contribution in [0, 0.1) is 0 Å². The Morgan fingerprint density at radius 3 is 2.84 bits per heavy atom. The van der Waals surface area contributed by atoms with E-state index in [2.05, 4.69) is 28.6 Å². The summed E-state index contributed by atoms with van der Waals surface area (Å²) in [5, 5.41) is 6.61. The van der Waals surface area contributed by atoms with Crippen molar-refractivity contribution in [3.63, 3.8) is 0 Å². The molecule has 0 saturated heterocycles. The third kappa shape index (κ3) is 9.27. The number of ether oxygens (including phenoxy) is 1. The van der Waals surface area contributed by atoms with Crippen LogP contribution in [-0.4, -0.2) is 39.3 Å². The van der Waals surface area contributed by atoms with E-state index in [4.69, 9.17) is 4.74 Å². The maximum atomic E-state index is 5.00. The van der Waals surface area contributed by atoms with Gasteiger partial charge in [0.1, 0.15) is 0 Å². The van der Waals surface area contributed by atoms with Gasteiger partial charge in [-0.1, -0.05) is 11.6 Å². The molecule has 0 atom stereocenters. The molecule has 1 aliphatic rings. The predicted octanol–water partition coefficient (Wildman–Crippen LogP) is 2.70. The number of allylic oxidation sites excluding steroid dienone is 1. The molecule has 0 bridgehead atoms. The van der Waals surface area contributed by atoms with Crippen molar-refractivity contribution in [2.75, 3.05) is 33.4 Å². The van der Waals surface area contributed by atoms with Gasteiger partial charge in [-0.2, -0.15) is 0 Å².